The van der Waals surface area contributed by atoms with E-state index in [1.807, 2.05) is 13.8 Å². The van der Waals surface area contributed by atoms with Crippen LogP contribution in [0.3, 0.4) is 0 Å². The number of nitrogens with zero attached hydrogens (tertiary/aromatic N) is 2. The molecule has 2 aromatic carbocycles. The number of carbonyl (C=O) groups is 2. The number of thiocarbonyl (C=S) groups is 2. The second kappa shape index (κ2) is 19.7. The molecule has 0 saturated heterocycles. The normalized spacial score (nSPS) is 10.4. The van der Waals surface area contributed by atoms with Crippen LogP contribution in [0.25, 0.3) is 21.1 Å². The van der Waals surface area contributed by atoms with E-state index < -0.39 is 11.9 Å². The quantitative estimate of drug-likeness (QED) is 0.0581. The number of methoxy groups -OCH3 is 2. The van der Waals surface area contributed by atoms with Gasteiger partial charge in [0, 0.05) is 50.0 Å². The van der Waals surface area contributed by atoms with Crippen LogP contribution in [0.1, 0.15) is 46.0 Å². The third-order valence-electron chi connectivity index (χ3n) is 6.42. The number of rotatable bonds is 15. The van der Waals surface area contributed by atoms with Crippen molar-refractivity contribution in [2.45, 2.75) is 13.8 Å². The average molecular weight is 731 g/mol. The van der Waals surface area contributed by atoms with Crippen molar-refractivity contribution < 1.29 is 29.3 Å². The number of phenolic OH excluding ortho intramolecular Hbond substituents is 2. The molecule has 48 heavy (non-hydrogen) atoms. The molecule has 0 aliphatic heterocycles. The number of aromatic nitrogens is 2. The van der Waals surface area contributed by atoms with Crippen LogP contribution in [0.5, 0.6) is 11.5 Å². The Balaban J connectivity index is 0.00000307. The molecule has 6 N–H and O–H groups in total. The zero-order valence-electron chi connectivity index (χ0n) is 26.9. The summed E-state index contributed by atoms with van der Waals surface area (Å²) in [6.07, 6.45) is 0. The number of benzene rings is 2. The lowest BCUT2D eigenvalue weighted by molar-refractivity contribution is 0.0592. The third kappa shape index (κ3) is 10.7. The van der Waals surface area contributed by atoms with E-state index in [1.54, 1.807) is 22.9 Å². The topological polar surface area (TPSA) is 167 Å². The zero-order chi connectivity index (χ0) is 35.1. The van der Waals surface area contributed by atoms with Crippen LogP contribution >= 0.6 is 47.1 Å². The summed E-state index contributed by atoms with van der Waals surface area (Å²) in [7, 11) is 2.60. The average Bonchev–Trinajstić information content (AvgIpc) is 3.81. The fourth-order valence-corrected chi connectivity index (χ4v) is 6.28. The second-order valence-corrected chi connectivity index (χ2v) is 12.1. The maximum absolute atomic E-state index is 11.8. The van der Waals surface area contributed by atoms with Crippen molar-refractivity contribution in [1.82, 2.24) is 31.2 Å². The summed E-state index contributed by atoms with van der Waals surface area (Å²) in [6.45, 7) is 8.08. The molecule has 4 aromatic rings. The van der Waals surface area contributed by atoms with Crippen molar-refractivity contribution in [3.63, 3.8) is 0 Å². The first-order valence-electron chi connectivity index (χ1n) is 14.9. The van der Waals surface area contributed by atoms with Crippen molar-refractivity contribution in [2.75, 3.05) is 53.5 Å². The molecule has 0 amide bonds. The number of thiazole rings is 2. The number of ether oxygens (including phenoxy) is 2. The van der Waals surface area contributed by atoms with Gasteiger partial charge in [-0.1, -0.05) is 38.3 Å². The maximum Gasteiger partial charge on any atom is 0.337 e. The summed E-state index contributed by atoms with van der Waals surface area (Å²) in [6, 6.07) is 8.95. The molecule has 4 rings (SSSR count). The van der Waals surface area contributed by atoms with Gasteiger partial charge in [-0.2, -0.15) is 0 Å². The summed E-state index contributed by atoms with van der Waals surface area (Å²) < 4.78 is 9.51. The van der Waals surface area contributed by atoms with Crippen molar-refractivity contribution in [3.05, 3.63) is 69.7 Å². The molecule has 0 bridgehead atoms. The first-order chi connectivity index (χ1) is 23.2. The molecule has 0 atom stereocenters. The van der Waals surface area contributed by atoms with E-state index in [-0.39, 0.29) is 11.5 Å². The Bertz CT molecular complexity index is 1590. The standard InChI is InChI=1S/C30H32N6O6S4.C2H6/c1-41-29(39)17-3-5-23(37)19(13-17)27-35-21(15-45-27)25(43)33-11-9-31-7-8-32-10-12-34-26(44)22-16-46-28(36-22)20-14-18(30(40)42-2)4-6-24(20)38;1-2/h3-6,13-16,31-32,37-38H,7-12H2,1-2H3,(H,33,43)(H,34,44);1-2H3. The van der Waals surface area contributed by atoms with E-state index >= 15 is 0 Å². The van der Waals surface area contributed by atoms with Crippen LogP contribution in [0.4, 0.5) is 0 Å². The number of phenols is 2. The van der Waals surface area contributed by atoms with Crippen LogP contribution in [-0.2, 0) is 9.47 Å². The molecule has 0 spiro atoms. The maximum atomic E-state index is 11.8. The lowest BCUT2D eigenvalue weighted by Crippen LogP contribution is -2.37. The van der Waals surface area contributed by atoms with Gasteiger partial charge in [-0.3, -0.25) is 0 Å². The molecule has 2 aromatic heterocycles. The summed E-state index contributed by atoms with van der Waals surface area (Å²) in [5.41, 5.74) is 2.69. The Morgan fingerprint density at radius 2 is 1.06 bits per heavy atom. The van der Waals surface area contributed by atoms with Crippen molar-refractivity contribution in [1.29, 1.82) is 0 Å². The molecule has 256 valence electrons. The van der Waals surface area contributed by atoms with E-state index in [9.17, 15) is 19.8 Å². The van der Waals surface area contributed by atoms with E-state index in [0.29, 0.717) is 79.8 Å². The molecular weight excluding hydrogens is 693 g/mol. The Morgan fingerprint density at radius 1 is 0.688 bits per heavy atom. The number of aromatic hydroxyl groups is 2. The smallest absolute Gasteiger partial charge is 0.337 e. The zero-order valence-corrected chi connectivity index (χ0v) is 30.2. The first-order valence-corrected chi connectivity index (χ1v) is 17.5. The van der Waals surface area contributed by atoms with Gasteiger partial charge in [0.05, 0.1) is 36.5 Å². The third-order valence-corrected chi connectivity index (χ3v) is 8.88. The lowest BCUT2D eigenvalue weighted by atomic mass is 10.1. The SMILES string of the molecule is CC.COC(=O)c1ccc(O)c(-c2nc(C(=S)NCCNCCNCCNC(=S)c3csc(-c4cc(C(=O)OC)ccc4O)n3)cs2)c1. The van der Waals surface area contributed by atoms with E-state index in [4.69, 9.17) is 33.9 Å². The van der Waals surface area contributed by atoms with Gasteiger partial charge < -0.3 is 41.0 Å². The number of hydrogen-bond acceptors (Lipinski definition) is 14. The molecule has 16 heteroatoms. The van der Waals surface area contributed by atoms with Gasteiger partial charge in [0.15, 0.2) is 0 Å². The predicted octanol–water partition coefficient (Wildman–Crippen LogP) is 4.35. The molecule has 0 radical (unpaired) electrons. The van der Waals surface area contributed by atoms with Crippen LogP contribution in [0.15, 0.2) is 47.2 Å². The molecule has 2 heterocycles. The Hall–Kier alpha value is -4.06. The molecule has 0 aliphatic rings. The Labute approximate surface area is 297 Å². The highest BCUT2D eigenvalue weighted by Crippen LogP contribution is 2.34. The number of hydrogen-bond donors (Lipinski definition) is 6. The number of esters is 2. The van der Waals surface area contributed by atoms with Crippen molar-refractivity contribution in [3.8, 4) is 32.6 Å². The van der Waals surface area contributed by atoms with Crippen molar-refractivity contribution >= 4 is 69.0 Å². The largest absolute Gasteiger partial charge is 0.507 e. The molecule has 12 nitrogen and oxygen atoms in total. The fraction of sp³-hybridized carbons (Fsp3) is 0.312. The minimum atomic E-state index is -0.495. The lowest BCUT2D eigenvalue weighted by Gasteiger charge is -2.09. The molecule has 0 saturated carbocycles. The first kappa shape index (κ1) is 38.4. The Morgan fingerprint density at radius 3 is 1.44 bits per heavy atom. The minimum absolute atomic E-state index is 0.0142. The van der Waals surface area contributed by atoms with Crippen LogP contribution < -0.4 is 21.3 Å². The van der Waals surface area contributed by atoms with Gasteiger partial charge in [0.25, 0.3) is 0 Å². The van der Waals surface area contributed by atoms with Gasteiger partial charge in [0.1, 0.15) is 42.9 Å². The number of nitrogens with one attached hydrogen (secondary N) is 4. The molecule has 0 fully saturated rings. The van der Waals surface area contributed by atoms with Gasteiger partial charge in [-0.15, -0.1) is 22.7 Å². The molecular formula is C32H38N6O6S4. The monoisotopic (exact) mass is 730 g/mol. The van der Waals surface area contributed by atoms with Gasteiger partial charge in [0.2, 0.25) is 0 Å². The van der Waals surface area contributed by atoms with Crippen LogP contribution in [-0.4, -0.2) is 95.6 Å². The minimum Gasteiger partial charge on any atom is -0.507 e. The predicted molar refractivity (Wildman–Crippen MR) is 198 cm³/mol. The number of carbonyl (C=O) groups excluding carboxylic acids is 2. The van der Waals surface area contributed by atoms with Crippen molar-refractivity contribution in [2.24, 2.45) is 0 Å². The fourth-order valence-electron chi connectivity index (χ4n) is 4.04. The van der Waals surface area contributed by atoms with Crippen LogP contribution in [0.2, 0.25) is 0 Å². The van der Waals surface area contributed by atoms with Gasteiger partial charge in [-0.25, -0.2) is 19.6 Å². The van der Waals surface area contributed by atoms with E-state index in [1.165, 1.54) is 61.2 Å². The van der Waals surface area contributed by atoms with E-state index in [0.717, 1.165) is 13.1 Å². The summed E-state index contributed by atoms with van der Waals surface area (Å²) in [5.74, 6) is -0.961. The second-order valence-electron chi connectivity index (χ2n) is 9.53. The molecule has 0 aliphatic carbocycles. The summed E-state index contributed by atoms with van der Waals surface area (Å²) in [4.78, 5) is 33.7. The highest BCUT2D eigenvalue weighted by molar-refractivity contribution is 7.81. The summed E-state index contributed by atoms with van der Waals surface area (Å²) >= 11 is 13.6. The van der Waals surface area contributed by atoms with Gasteiger partial charge >= 0.3 is 11.9 Å². The van der Waals surface area contributed by atoms with E-state index in [2.05, 4.69) is 31.2 Å². The summed E-state index contributed by atoms with van der Waals surface area (Å²) in [5, 5.41) is 38.2. The highest BCUT2D eigenvalue weighted by Gasteiger charge is 2.17. The highest BCUT2D eigenvalue weighted by atomic mass is 32.1. The van der Waals surface area contributed by atoms with Gasteiger partial charge in [-0.05, 0) is 36.4 Å². The Kier molecular flexibility index (Phi) is 15.7. The van der Waals surface area contributed by atoms with Crippen LogP contribution in [0, 0.1) is 0 Å². The molecule has 0 unspecified atom stereocenters.